The predicted octanol–water partition coefficient (Wildman–Crippen LogP) is 0.666. The molecule has 100 valence electrons. The zero-order valence-corrected chi connectivity index (χ0v) is 10.7. The van der Waals surface area contributed by atoms with E-state index in [9.17, 15) is 5.11 Å². The summed E-state index contributed by atoms with van der Waals surface area (Å²) in [4.78, 5) is 10.4. The number of aromatic nitrogens is 2. The van der Waals surface area contributed by atoms with Gasteiger partial charge in [0.1, 0.15) is 12.0 Å². The SMILES string of the molecule is CCOc1ncnc(N2CCCC(CO)C2)c1N. The van der Waals surface area contributed by atoms with Crippen LogP contribution in [0.1, 0.15) is 19.8 Å². The van der Waals surface area contributed by atoms with Gasteiger partial charge in [-0.15, -0.1) is 0 Å². The van der Waals surface area contributed by atoms with E-state index in [4.69, 9.17) is 10.5 Å². The number of nitrogens with zero attached hydrogens (tertiary/aromatic N) is 3. The van der Waals surface area contributed by atoms with E-state index in [2.05, 4.69) is 14.9 Å². The number of nitrogen functional groups attached to an aromatic ring is 1. The molecule has 1 unspecified atom stereocenters. The molecule has 0 amide bonds. The molecule has 1 atom stereocenters. The van der Waals surface area contributed by atoms with Crippen LogP contribution in [0.5, 0.6) is 5.88 Å². The quantitative estimate of drug-likeness (QED) is 0.819. The van der Waals surface area contributed by atoms with Crippen molar-refractivity contribution < 1.29 is 9.84 Å². The van der Waals surface area contributed by atoms with Crippen molar-refractivity contribution in [1.82, 2.24) is 9.97 Å². The Kier molecular flexibility index (Phi) is 4.19. The number of nitrogens with two attached hydrogens (primary N) is 1. The minimum atomic E-state index is 0.208. The highest BCUT2D eigenvalue weighted by Crippen LogP contribution is 2.30. The van der Waals surface area contributed by atoms with Crippen LogP contribution in [0.25, 0.3) is 0 Å². The predicted molar refractivity (Wildman–Crippen MR) is 69.6 cm³/mol. The molecule has 2 heterocycles. The Morgan fingerprint density at radius 2 is 2.39 bits per heavy atom. The van der Waals surface area contributed by atoms with Gasteiger partial charge in [0.25, 0.3) is 0 Å². The Morgan fingerprint density at radius 3 is 3.11 bits per heavy atom. The molecule has 0 saturated carbocycles. The molecule has 0 aliphatic carbocycles. The molecule has 6 heteroatoms. The lowest BCUT2D eigenvalue weighted by molar-refractivity contribution is 0.208. The third-order valence-electron chi connectivity index (χ3n) is 3.18. The first-order chi connectivity index (χ1) is 8.76. The van der Waals surface area contributed by atoms with Gasteiger partial charge in [-0.05, 0) is 25.7 Å². The summed E-state index contributed by atoms with van der Waals surface area (Å²) in [6.45, 7) is 4.32. The Morgan fingerprint density at radius 1 is 1.56 bits per heavy atom. The van der Waals surface area contributed by atoms with Crippen LogP contribution in [-0.2, 0) is 0 Å². The molecular formula is C12H20N4O2. The lowest BCUT2D eigenvalue weighted by Crippen LogP contribution is -2.37. The van der Waals surface area contributed by atoms with Gasteiger partial charge in [0.05, 0.1) is 6.61 Å². The number of anilines is 2. The van der Waals surface area contributed by atoms with Crippen LogP contribution in [0, 0.1) is 5.92 Å². The van der Waals surface area contributed by atoms with Crippen LogP contribution in [0.4, 0.5) is 11.5 Å². The maximum Gasteiger partial charge on any atom is 0.242 e. The summed E-state index contributed by atoms with van der Waals surface area (Å²) in [6.07, 6.45) is 3.56. The van der Waals surface area contributed by atoms with Gasteiger partial charge in [-0.2, -0.15) is 4.98 Å². The summed E-state index contributed by atoms with van der Waals surface area (Å²) in [6, 6.07) is 0. The van der Waals surface area contributed by atoms with E-state index in [1.165, 1.54) is 6.33 Å². The zero-order chi connectivity index (χ0) is 13.0. The summed E-state index contributed by atoms with van der Waals surface area (Å²) in [5.41, 5.74) is 6.52. The van der Waals surface area contributed by atoms with E-state index < -0.39 is 0 Å². The number of aliphatic hydroxyl groups is 1. The Bertz CT molecular complexity index is 400. The van der Waals surface area contributed by atoms with E-state index in [-0.39, 0.29) is 6.61 Å². The monoisotopic (exact) mass is 252 g/mol. The summed E-state index contributed by atoms with van der Waals surface area (Å²) in [7, 11) is 0. The van der Waals surface area contributed by atoms with Gasteiger partial charge in [-0.3, -0.25) is 0 Å². The Labute approximate surface area is 107 Å². The molecule has 2 rings (SSSR count). The van der Waals surface area contributed by atoms with Crippen LogP contribution in [0.3, 0.4) is 0 Å². The molecule has 1 aliphatic heterocycles. The molecule has 0 spiro atoms. The van der Waals surface area contributed by atoms with Gasteiger partial charge in [0, 0.05) is 19.7 Å². The minimum absolute atomic E-state index is 0.208. The lowest BCUT2D eigenvalue weighted by Gasteiger charge is -2.33. The second-order valence-electron chi connectivity index (χ2n) is 4.49. The van der Waals surface area contributed by atoms with Crippen LogP contribution < -0.4 is 15.4 Å². The molecule has 1 saturated heterocycles. The third-order valence-corrected chi connectivity index (χ3v) is 3.18. The topological polar surface area (TPSA) is 84.5 Å². The van der Waals surface area contributed by atoms with Crippen molar-refractivity contribution in [3.05, 3.63) is 6.33 Å². The van der Waals surface area contributed by atoms with Crippen molar-refractivity contribution in [2.45, 2.75) is 19.8 Å². The van der Waals surface area contributed by atoms with E-state index in [0.29, 0.717) is 29.9 Å². The van der Waals surface area contributed by atoms with E-state index in [0.717, 1.165) is 25.9 Å². The van der Waals surface area contributed by atoms with Gasteiger partial charge >= 0.3 is 0 Å². The fourth-order valence-corrected chi connectivity index (χ4v) is 2.28. The molecule has 3 N–H and O–H groups in total. The zero-order valence-electron chi connectivity index (χ0n) is 10.7. The Balaban J connectivity index is 2.19. The van der Waals surface area contributed by atoms with Crippen molar-refractivity contribution >= 4 is 11.5 Å². The molecule has 18 heavy (non-hydrogen) atoms. The lowest BCUT2D eigenvalue weighted by atomic mass is 9.99. The average molecular weight is 252 g/mol. The molecule has 0 aromatic carbocycles. The molecule has 6 nitrogen and oxygen atoms in total. The van der Waals surface area contributed by atoms with Crippen molar-refractivity contribution in [2.75, 3.05) is 36.9 Å². The highest BCUT2D eigenvalue weighted by Gasteiger charge is 2.23. The normalized spacial score (nSPS) is 19.9. The molecule has 1 aliphatic rings. The van der Waals surface area contributed by atoms with Crippen molar-refractivity contribution in [3.63, 3.8) is 0 Å². The molecule has 1 fully saturated rings. The standard InChI is InChI=1S/C12H20N4O2/c1-2-18-12-10(13)11(14-8-15-12)16-5-3-4-9(6-16)7-17/h8-9,17H,2-7,13H2,1H3. The molecule has 0 radical (unpaired) electrons. The van der Waals surface area contributed by atoms with Gasteiger partial charge in [-0.1, -0.05) is 0 Å². The average Bonchev–Trinajstić information content (AvgIpc) is 2.41. The van der Waals surface area contributed by atoms with E-state index in [1.807, 2.05) is 6.92 Å². The summed E-state index contributed by atoms with van der Waals surface area (Å²) < 4.78 is 5.37. The summed E-state index contributed by atoms with van der Waals surface area (Å²) >= 11 is 0. The maximum atomic E-state index is 9.25. The van der Waals surface area contributed by atoms with Crippen LogP contribution >= 0.6 is 0 Å². The first-order valence-corrected chi connectivity index (χ1v) is 6.35. The van der Waals surface area contributed by atoms with Crippen LogP contribution in [0.2, 0.25) is 0 Å². The number of hydrogen-bond donors (Lipinski definition) is 2. The van der Waals surface area contributed by atoms with Gasteiger partial charge < -0.3 is 20.5 Å². The molecular weight excluding hydrogens is 232 g/mol. The fraction of sp³-hybridized carbons (Fsp3) is 0.667. The smallest absolute Gasteiger partial charge is 0.242 e. The number of ether oxygens (including phenoxy) is 1. The second-order valence-corrected chi connectivity index (χ2v) is 4.49. The fourth-order valence-electron chi connectivity index (χ4n) is 2.28. The van der Waals surface area contributed by atoms with Gasteiger partial charge in [0.15, 0.2) is 5.82 Å². The van der Waals surface area contributed by atoms with Crippen molar-refractivity contribution in [3.8, 4) is 5.88 Å². The van der Waals surface area contributed by atoms with Crippen molar-refractivity contribution in [1.29, 1.82) is 0 Å². The van der Waals surface area contributed by atoms with E-state index >= 15 is 0 Å². The summed E-state index contributed by atoms with van der Waals surface area (Å²) in [5, 5.41) is 9.25. The highest BCUT2D eigenvalue weighted by molar-refractivity contribution is 5.67. The molecule has 0 bridgehead atoms. The highest BCUT2D eigenvalue weighted by atomic mass is 16.5. The second kappa shape index (κ2) is 5.86. The number of aliphatic hydroxyl groups excluding tert-OH is 1. The number of piperidine rings is 1. The van der Waals surface area contributed by atoms with Gasteiger partial charge in [-0.25, -0.2) is 4.98 Å². The van der Waals surface area contributed by atoms with Crippen molar-refractivity contribution in [2.24, 2.45) is 5.92 Å². The largest absolute Gasteiger partial charge is 0.476 e. The number of rotatable bonds is 4. The summed E-state index contributed by atoms with van der Waals surface area (Å²) in [5.74, 6) is 1.45. The van der Waals surface area contributed by atoms with Crippen LogP contribution in [0.15, 0.2) is 6.33 Å². The van der Waals surface area contributed by atoms with E-state index in [1.54, 1.807) is 0 Å². The third kappa shape index (κ3) is 2.64. The maximum absolute atomic E-state index is 9.25. The van der Waals surface area contributed by atoms with Gasteiger partial charge in [0.2, 0.25) is 5.88 Å². The molecule has 1 aromatic rings. The minimum Gasteiger partial charge on any atom is -0.476 e. The first kappa shape index (κ1) is 12.9. The Hall–Kier alpha value is -1.56. The van der Waals surface area contributed by atoms with Crippen LogP contribution in [-0.4, -0.2) is 41.4 Å². The first-order valence-electron chi connectivity index (χ1n) is 6.35. The number of hydrogen-bond acceptors (Lipinski definition) is 6. The molecule has 1 aromatic heterocycles.